The van der Waals surface area contributed by atoms with Crippen molar-refractivity contribution in [2.75, 3.05) is 4.90 Å². The van der Waals surface area contributed by atoms with Crippen molar-refractivity contribution in [3.63, 3.8) is 0 Å². The second kappa shape index (κ2) is 11.2. The molecule has 2 heteroatoms. The van der Waals surface area contributed by atoms with Gasteiger partial charge >= 0.3 is 0 Å². The Morgan fingerprint density at radius 2 is 1.02 bits per heavy atom. The second-order valence-corrected chi connectivity index (χ2v) is 14.0. The Morgan fingerprint density at radius 1 is 0.423 bits per heavy atom. The number of fused-ring (bicyclic) bond motifs is 12. The minimum Gasteiger partial charge on any atom is -0.337 e. The molecule has 244 valence electrons. The van der Waals surface area contributed by atoms with Crippen LogP contribution in [-0.4, -0.2) is 4.57 Å². The zero-order valence-corrected chi connectivity index (χ0v) is 28.6. The number of anilines is 2. The number of hydrogen-bond acceptors (Lipinski definition) is 1. The number of benzene rings is 8. The zero-order valence-electron chi connectivity index (χ0n) is 28.6. The molecular weight excluding hydrogens is 629 g/mol. The topological polar surface area (TPSA) is 8.17 Å². The smallest absolute Gasteiger partial charge is 0.0757 e. The molecule has 9 aromatic rings. The molecule has 2 heterocycles. The highest BCUT2D eigenvalue weighted by Crippen LogP contribution is 2.62. The van der Waals surface area contributed by atoms with Gasteiger partial charge in [0.15, 0.2) is 0 Å². The van der Waals surface area contributed by atoms with Crippen LogP contribution in [0.25, 0.3) is 49.7 Å². The Kier molecular flexibility index (Phi) is 6.26. The summed E-state index contributed by atoms with van der Waals surface area (Å²) in [7, 11) is 0. The quantitative estimate of drug-likeness (QED) is 0.178. The molecule has 1 unspecified atom stereocenters. The van der Waals surface area contributed by atoms with Gasteiger partial charge in [-0.15, -0.1) is 0 Å². The van der Waals surface area contributed by atoms with E-state index in [4.69, 9.17) is 0 Å². The van der Waals surface area contributed by atoms with Gasteiger partial charge in [-0.05, 0) is 86.5 Å². The molecule has 1 aromatic heterocycles. The lowest BCUT2D eigenvalue weighted by Crippen LogP contribution is -2.35. The van der Waals surface area contributed by atoms with Crippen LogP contribution in [0.4, 0.5) is 11.4 Å². The van der Waals surface area contributed by atoms with E-state index in [1.165, 1.54) is 88.9 Å². The molecule has 0 fully saturated rings. The van der Waals surface area contributed by atoms with Gasteiger partial charge in [0.05, 0.1) is 22.1 Å². The predicted octanol–water partition coefficient (Wildman–Crippen LogP) is 12.5. The van der Waals surface area contributed by atoms with E-state index < -0.39 is 5.41 Å². The minimum absolute atomic E-state index is 0.497. The summed E-state index contributed by atoms with van der Waals surface area (Å²) in [4.78, 5) is 2.48. The second-order valence-electron chi connectivity index (χ2n) is 14.0. The molecule has 2 nitrogen and oxygen atoms in total. The van der Waals surface area contributed by atoms with Gasteiger partial charge in [-0.1, -0.05) is 158 Å². The van der Waals surface area contributed by atoms with Gasteiger partial charge in [0.1, 0.15) is 0 Å². The van der Waals surface area contributed by atoms with E-state index in [9.17, 15) is 0 Å². The number of hydrogen-bond donors (Lipinski definition) is 0. The van der Waals surface area contributed by atoms with Gasteiger partial charge in [0.25, 0.3) is 0 Å². The van der Waals surface area contributed by atoms with Crippen LogP contribution in [0.2, 0.25) is 0 Å². The fourth-order valence-electron chi connectivity index (χ4n) is 9.41. The number of nitrogens with zero attached hydrogens (tertiary/aromatic N) is 2. The van der Waals surface area contributed by atoms with Crippen molar-refractivity contribution in [1.82, 2.24) is 4.57 Å². The number of aromatic nitrogens is 1. The molecular formula is C50H34N2. The molecule has 2 aliphatic rings. The Hall–Kier alpha value is -6.64. The fraction of sp³-hybridized carbons (Fsp3) is 0.0400. The summed E-state index contributed by atoms with van der Waals surface area (Å²) >= 11 is 0. The largest absolute Gasteiger partial charge is 0.337 e. The maximum Gasteiger partial charge on any atom is 0.0757 e. The molecule has 0 bridgehead atoms. The molecule has 0 N–H and O–H groups in total. The maximum atomic E-state index is 2.52. The van der Waals surface area contributed by atoms with E-state index in [1.807, 2.05) is 0 Å². The first-order chi connectivity index (χ1) is 25.8. The van der Waals surface area contributed by atoms with Crippen molar-refractivity contribution in [1.29, 1.82) is 0 Å². The van der Waals surface area contributed by atoms with Crippen LogP contribution in [-0.2, 0) is 12.0 Å². The predicted molar refractivity (Wildman–Crippen MR) is 216 cm³/mol. The molecule has 0 saturated heterocycles. The SMILES string of the molecule is c1ccc(-c2ccc(N(Cc3cccc4c3C3(c5ccccc5-4)c4ccccc4-n4c5ccccc5c5cccc3c54)c3ccccc3)cc2)cc1. The molecule has 1 aliphatic carbocycles. The van der Waals surface area contributed by atoms with Crippen molar-refractivity contribution < 1.29 is 0 Å². The Labute approximate surface area is 303 Å². The van der Waals surface area contributed by atoms with Crippen LogP contribution in [0.3, 0.4) is 0 Å². The Bertz CT molecular complexity index is 2810. The third-order valence-corrected chi connectivity index (χ3v) is 11.5. The van der Waals surface area contributed by atoms with E-state index in [1.54, 1.807) is 0 Å². The van der Waals surface area contributed by atoms with Crippen LogP contribution >= 0.6 is 0 Å². The third kappa shape index (κ3) is 3.95. The standard InChI is InChI=1S/C50H34N2/c1-3-15-34(16-4-1)35-29-31-38(32-30-35)51(37-18-5-2-6-19-37)33-36-17-13-22-41-39-20-7-9-24-43(39)50(48(36)41)44-25-10-12-28-47(44)52-46-27-11-8-21-40(46)42-23-14-26-45(50)49(42)52/h1-32H,33H2. The Morgan fingerprint density at radius 3 is 1.87 bits per heavy atom. The monoisotopic (exact) mass is 662 g/mol. The summed E-state index contributed by atoms with van der Waals surface area (Å²) in [5.41, 5.74) is 17.4. The molecule has 0 radical (unpaired) electrons. The van der Waals surface area contributed by atoms with E-state index in [2.05, 4.69) is 204 Å². The summed E-state index contributed by atoms with van der Waals surface area (Å²) in [5, 5.41) is 2.59. The first-order valence-corrected chi connectivity index (χ1v) is 18.2. The summed E-state index contributed by atoms with van der Waals surface area (Å²) in [6, 6.07) is 71.7. The third-order valence-electron chi connectivity index (χ3n) is 11.5. The van der Waals surface area contributed by atoms with Crippen LogP contribution in [0.1, 0.15) is 27.8 Å². The van der Waals surface area contributed by atoms with Crippen molar-refractivity contribution >= 4 is 33.2 Å². The molecule has 0 amide bonds. The van der Waals surface area contributed by atoms with Gasteiger partial charge in [-0.25, -0.2) is 0 Å². The van der Waals surface area contributed by atoms with Crippen LogP contribution < -0.4 is 4.90 Å². The summed E-state index contributed by atoms with van der Waals surface area (Å²) in [6.07, 6.45) is 0. The lowest BCUT2D eigenvalue weighted by Gasteiger charge is -2.41. The highest BCUT2D eigenvalue weighted by Gasteiger charge is 2.51. The van der Waals surface area contributed by atoms with Gasteiger partial charge in [0.2, 0.25) is 0 Å². The zero-order chi connectivity index (χ0) is 34.2. The first-order valence-electron chi connectivity index (χ1n) is 18.2. The van der Waals surface area contributed by atoms with Gasteiger partial charge in [0, 0.05) is 28.7 Å². The summed E-state index contributed by atoms with van der Waals surface area (Å²) < 4.78 is 2.52. The van der Waals surface area contributed by atoms with Crippen LogP contribution in [0, 0.1) is 0 Å². The first kappa shape index (κ1) is 29.1. The number of para-hydroxylation sites is 4. The molecule has 11 rings (SSSR count). The van der Waals surface area contributed by atoms with Crippen molar-refractivity contribution in [2.45, 2.75) is 12.0 Å². The molecule has 0 saturated carbocycles. The van der Waals surface area contributed by atoms with E-state index in [0.717, 1.165) is 6.54 Å². The van der Waals surface area contributed by atoms with E-state index in [0.29, 0.717) is 0 Å². The van der Waals surface area contributed by atoms with Crippen molar-refractivity contribution in [3.8, 4) is 27.9 Å². The molecule has 1 aliphatic heterocycles. The average molecular weight is 663 g/mol. The summed E-state index contributed by atoms with van der Waals surface area (Å²) in [6.45, 7) is 0.717. The molecule has 52 heavy (non-hydrogen) atoms. The Balaban J connectivity index is 1.18. The van der Waals surface area contributed by atoms with Gasteiger partial charge in [-0.2, -0.15) is 0 Å². The van der Waals surface area contributed by atoms with Crippen molar-refractivity contribution in [2.24, 2.45) is 0 Å². The summed E-state index contributed by atoms with van der Waals surface area (Å²) in [5.74, 6) is 0. The van der Waals surface area contributed by atoms with E-state index >= 15 is 0 Å². The lowest BCUT2D eigenvalue weighted by atomic mass is 9.64. The van der Waals surface area contributed by atoms with E-state index in [-0.39, 0.29) is 0 Å². The van der Waals surface area contributed by atoms with Gasteiger partial charge in [-0.3, -0.25) is 0 Å². The van der Waals surface area contributed by atoms with Gasteiger partial charge < -0.3 is 9.47 Å². The van der Waals surface area contributed by atoms with Crippen molar-refractivity contribution in [3.05, 3.63) is 222 Å². The minimum atomic E-state index is -0.497. The lowest BCUT2D eigenvalue weighted by molar-refractivity contribution is 0.734. The highest BCUT2D eigenvalue weighted by molar-refractivity contribution is 6.12. The van der Waals surface area contributed by atoms with Crippen LogP contribution in [0.5, 0.6) is 0 Å². The molecule has 1 spiro atoms. The fourth-order valence-corrected chi connectivity index (χ4v) is 9.41. The molecule has 8 aromatic carbocycles. The average Bonchev–Trinajstić information content (AvgIpc) is 3.72. The number of rotatable bonds is 5. The van der Waals surface area contributed by atoms with Crippen LogP contribution in [0.15, 0.2) is 194 Å². The highest BCUT2D eigenvalue weighted by atomic mass is 15.1. The molecule has 1 atom stereocenters. The maximum absolute atomic E-state index is 2.52. The normalized spacial score (nSPS) is 15.1.